The van der Waals surface area contributed by atoms with Gasteiger partial charge >= 0.3 is 0 Å². The molecular weight excluding hydrogens is 290 g/mol. The maximum Gasteiger partial charge on any atom is 0.228 e. The molecule has 0 aromatic carbocycles. The first-order chi connectivity index (χ1) is 10.9. The van der Waals surface area contributed by atoms with Gasteiger partial charge in [-0.1, -0.05) is 20.8 Å². The van der Waals surface area contributed by atoms with Crippen LogP contribution in [0.25, 0.3) is 11.2 Å². The van der Waals surface area contributed by atoms with Crippen LogP contribution in [0.15, 0.2) is 18.7 Å². The molecule has 0 bridgehead atoms. The average molecular weight is 309 g/mol. The molecule has 118 valence electrons. The Morgan fingerprint density at radius 3 is 2.61 bits per heavy atom. The van der Waals surface area contributed by atoms with E-state index in [0.717, 1.165) is 34.8 Å². The van der Waals surface area contributed by atoms with Gasteiger partial charge in [0.05, 0.1) is 24.8 Å². The van der Waals surface area contributed by atoms with Crippen LogP contribution in [0, 0.1) is 0 Å². The standard InChI is InChI=1S/C16H19N7/c1-16(2,3)14-17-5-10-7-23(8-12(10)20-14)15-18-6-11-13(21-15)22(4)9-19-11/h5-6,9H,7-8H2,1-4H3. The molecule has 0 aliphatic carbocycles. The predicted molar refractivity (Wildman–Crippen MR) is 86.9 cm³/mol. The van der Waals surface area contributed by atoms with Crippen LogP contribution in [0.2, 0.25) is 0 Å². The van der Waals surface area contributed by atoms with E-state index in [1.807, 2.05) is 17.8 Å². The minimum Gasteiger partial charge on any atom is -0.330 e. The first kappa shape index (κ1) is 14.0. The van der Waals surface area contributed by atoms with E-state index < -0.39 is 0 Å². The van der Waals surface area contributed by atoms with Crippen molar-refractivity contribution in [3.63, 3.8) is 0 Å². The van der Waals surface area contributed by atoms with Crippen LogP contribution >= 0.6 is 0 Å². The smallest absolute Gasteiger partial charge is 0.228 e. The van der Waals surface area contributed by atoms with Gasteiger partial charge in [0.1, 0.15) is 11.3 Å². The summed E-state index contributed by atoms with van der Waals surface area (Å²) in [6, 6.07) is 0. The summed E-state index contributed by atoms with van der Waals surface area (Å²) in [6.07, 6.45) is 5.46. The highest BCUT2D eigenvalue weighted by atomic mass is 15.3. The summed E-state index contributed by atoms with van der Waals surface area (Å²) in [5, 5.41) is 0. The van der Waals surface area contributed by atoms with Crippen LogP contribution in [0.4, 0.5) is 5.95 Å². The lowest BCUT2D eigenvalue weighted by atomic mass is 9.95. The summed E-state index contributed by atoms with van der Waals surface area (Å²) in [5.41, 5.74) is 3.81. The lowest BCUT2D eigenvalue weighted by Gasteiger charge is -2.16. The van der Waals surface area contributed by atoms with Crippen LogP contribution in [0.3, 0.4) is 0 Å². The Hall–Kier alpha value is -2.57. The molecule has 23 heavy (non-hydrogen) atoms. The number of hydrogen-bond acceptors (Lipinski definition) is 6. The van der Waals surface area contributed by atoms with E-state index >= 15 is 0 Å². The van der Waals surface area contributed by atoms with Gasteiger partial charge in [0.2, 0.25) is 5.95 Å². The number of fused-ring (bicyclic) bond motifs is 2. The number of aryl methyl sites for hydroxylation is 1. The molecule has 7 heteroatoms. The van der Waals surface area contributed by atoms with E-state index in [4.69, 9.17) is 4.98 Å². The Morgan fingerprint density at radius 1 is 1.00 bits per heavy atom. The van der Waals surface area contributed by atoms with Crippen LogP contribution < -0.4 is 4.90 Å². The fourth-order valence-corrected chi connectivity index (χ4v) is 2.72. The number of aromatic nitrogens is 6. The lowest BCUT2D eigenvalue weighted by molar-refractivity contribution is 0.541. The topological polar surface area (TPSA) is 72.6 Å². The van der Waals surface area contributed by atoms with Crippen LogP contribution in [-0.4, -0.2) is 29.5 Å². The van der Waals surface area contributed by atoms with Crippen LogP contribution in [0.1, 0.15) is 37.9 Å². The molecule has 4 rings (SSSR count). The summed E-state index contributed by atoms with van der Waals surface area (Å²) >= 11 is 0. The van der Waals surface area contributed by atoms with Gasteiger partial charge in [0.25, 0.3) is 0 Å². The number of anilines is 1. The summed E-state index contributed by atoms with van der Waals surface area (Å²) in [4.78, 5) is 24.7. The molecule has 0 N–H and O–H groups in total. The van der Waals surface area contributed by atoms with Gasteiger partial charge in [-0.2, -0.15) is 4.98 Å². The molecule has 0 atom stereocenters. The van der Waals surface area contributed by atoms with Crippen molar-refractivity contribution in [1.29, 1.82) is 0 Å². The Balaban J connectivity index is 1.67. The zero-order chi connectivity index (χ0) is 16.2. The normalized spacial score (nSPS) is 14.5. The molecule has 0 fully saturated rings. The van der Waals surface area contributed by atoms with E-state index in [9.17, 15) is 0 Å². The molecule has 1 aliphatic rings. The second-order valence-corrected chi connectivity index (χ2v) is 7.01. The van der Waals surface area contributed by atoms with Crippen LogP contribution in [0.5, 0.6) is 0 Å². The highest BCUT2D eigenvalue weighted by Gasteiger charge is 2.26. The Labute approximate surface area is 134 Å². The van der Waals surface area contributed by atoms with Gasteiger partial charge in [-0.3, -0.25) is 0 Å². The number of hydrogen-bond donors (Lipinski definition) is 0. The maximum absolute atomic E-state index is 4.74. The van der Waals surface area contributed by atoms with Crippen molar-refractivity contribution in [2.45, 2.75) is 39.3 Å². The molecule has 0 unspecified atom stereocenters. The van der Waals surface area contributed by atoms with Gasteiger partial charge in [0.15, 0.2) is 5.65 Å². The zero-order valence-corrected chi connectivity index (χ0v) is 13.8. The summed E-state index contributed by atoms with van der Waals surface area (Å²) < 4.78 is 1.90. The van der Waals surface area contributed by atoms with Crippen molar-refractivity contribution in [3.8, 4) is 0 Å². The first-order valence-corrected chi connectivity index (χ1v) is 7.66. The Kier molecular flexibility index (Phi) is 2.88. The fraction of sp³-hybridized carbons (Fsp3) is 0.438. The molecule has 0 spiro atoms. The van der Waals surface area contributed by atoms with Gasteiger partial charge in [-0.05, 0) is 0 Å². The van der Waals surface area contributed by atoms with Crippen molar-refractivity contribution in [3.05, 3.63) is 35.8 Å². The van der Waals surface area contributed by atoms with Gasteiger partial charge in [-0.15, -0.1) is 0 Å². The highest BCUT2D eigenvalue weighted by Crippen LogP contribution is 2.27. The minimum atomic E-state index is -0.0490. The molecule has 1 aliphatic heterocycles. The first-order valence-electron chi connectivity index (χ1n) is 7.66. The number of imidazole rings is 1. The van der Waals surface area contributed by atoms with E-state index in [1.54, 1.807) is 12.5 Å². The average Bonchev–Trinajstić information content (AvgIpc) is 3.09. The van der Waals surface area contributed by atoms with Gasteiger partial charge in [0, 0.05) is 30.8 Å². The zero-order valence-electron chi connectivity index (χ0n) is 13.8. The Morgan fingerprint density at radius 2 is 1.83 bits per heavy atom. The van der Waals surface area contributed by atoms with E-state index in [0.29, 0.717) is 12.5 Å². The third-order valence-electron chi connectivity index (χ3n) is 4.05. The largest absolute Gasteiger partial charge is 0.330 e. The molecule has 7 nitrogen and oxygen atoms in total. The van der Waals surface area contributed by atoms with Crippen molar-refractivity contribution in [1.82, 2.24) is 29.5 Å². The van der Waals surface area contributed by atoms with Gasteiger partial charge in [-0.25, -0.2) is 19.9 Å². The van der Waals surface area contributed by atoms with Crippen LogP contribution in [-0.2, 0) is 25.6 Å². The lowest BCUT2D eigenvalue weighted by Crippen LogP contribution is -2.18. The predicted octanol–water partition coefficient (Wildman–Crippen LogP) is 1.97. The number of nitrogens with zero attached hydrogens (tertiary/aromatic N) is 7. The molecule has 0 saturated heterocycles. The monoisotopic (exact) mass is 309 g/mol. The molecule has 4 heterocycles. The second-order valence-electron chi connectivity index (χ2n) is 7.01. The SMILES string of the molecule is Cn1cnc2cnc(N3Cc4cnc(C(C)(C)C)nc4C3)nc21. The molecule has 0 amide bonds. The summed E-state index contributed by atoms with van der Waals surface area (Å²) in [7, 11) is 1.94. The summed E-state index contributed by atoms with van der Waals surface area (Å²) in [6.45, 7) is 7.83. The Bertz CT molecular complexity index is 891. The van der Waals surface area contributed by atoms with E-state index in [2.05, 4.69) is 45.6 Å². The van der Waals surface area contributed by atoms with E-state index in [1.165, 1.54) is 0 Å². The minimum absolute atomic E-state index is 0.0490. The third kappa shape index (κ3) is 2.32. The quantitative estimate of drug-likeness (QED) is 0.684. The number of rotatable bonds is 1. The molecule has 3 aromatic heterocycles. The summed E-state index contributed by atoms with van der Waals surface area (Å²) in [5.74, 6) is 1.58. The van der Waals surface area contributed by atoms with Crippen molar-refractivity contribution < 1.29 is 0 Å². The van der Waals surface area contributed by atoms with Gasteiger partial charge < -0.3 is 9.47 Å². The molecule has 3 aromatic rings. The van der Waals surface area contributed by atoms with Crippen molar-refractivity contribution in [2.24, 2.45) is 7.05 Å². The maximum atomic E-state index is 4.74. The van der Waals surface area contributed by atoms with Crippen molar-refractivity contribution in [2.75, 3.05) is 4.90 Å². The highest BCUT2D eigenvalue weighted by molar-refractivity contribution is 5.71. The second kappa shape index (κ2) is 4.71. The third-order valence-corrected chi connectivity index (χ3v) is 4.05. The van der Waals surface area contributed by atoms with E-state index in [-0.39, 0.29) is 5.41 Å². The molecular formula is C16H19N7. The van der Waals surface area contributed by atoms with Crippen molar-refractivity contribution >= 4 is 17.1 Å². The fourth-order valence-electron chi connectivity index (χ4n) is 2.72. The molecule has 0 saturated carbocycles. The molecule has 0 radical (unpaired) electrons.